The van der Waals surface area contributed by atoms with E-state index in [0.717, 1.165) is 24.8 Å². The second kappa shape index (κ2) is 5.79. The number of nitrogens with zero attached hydrogens (tertiary/aromatic N) is 1. The first-order chi connectivity index (χ1) is 9.66. The predicted molar refractivity (Wildman–Crippen MR) is 82.2 cm³/mol. The molecule has 1 saturated heterocycles. The minimum atomic E-state index is 0.220. The van der Waals surface area contributed by atoms with Crippen LogP contribution in [0.15, 0.2) is 30.4 Å². The number of rotatable bonds is 3. The Kier molecular flexibility index (Phi) is 4.04. The molecule has 1 amide bonds. The molecule has 0 spiro atoms. The Hall–Kier alpha value is -0.990. The average molecular weight is 310 g/mol. The molecule has 4 heteroatoms. The van der Waals surface area contributed by atoms with Gasteiger partial charge in [0.1, 0.15) is 0 Å². The molecular formula is C16H17Cl2NO. The molecular weight excluding hydrogens is 293 g/mol. The van der Waals surface area contributed by atoms with Crippen molar-refractivity contribution in [3.8, 4) is 0 Å². The molecule has 3 rings (SSSR count). The Balaban J connectivity index is 1.67. The number of hydrogen-bond donors (Lipinski definition) is 0. The molecule has 2 nitrogen and oxygen atoms in total. The second-order valence-electron chi connectivity index (χ2n) is 5.46. The molecule has 2 heterocycles. The molecule has 1 aromatic carbocycles. The molecule has 106 valence electrons. The number of fused-ring (bicyclic) bond motifs is 2. The lowest BCUT2D eigenvalue weighted by molar-refractivity contribution is -0.133. The molecule has 1 aromatic rings. The first kappa shape index (κ1) is 14.0. The van der Waals surface area contributed by atoms with Crippen molar-refractivity contribution in [1.82, 2.24) is 4.90 Å². The summed E-state index contributed by atoms with van der Waals surface area (Å²) in [4.78, 5) is 14.5. The van der Waals surface area contributed by atoms with Gasteiger partial charge in [0, 0.05) is 22.5 Å². The summed E-state index contributed by atoms with van der Waals surface area (Å²) >= 11 is 12.3. The molecule has 0 aliphatic carbocycles. The average Bonchev–Trinajstić information content (AvgIpc) is 2.68. The number of benzene rings is 1. The number of hydrogen-bond acceptors (Lipinski definition) is 1. The lowest BCUT2D eigenvalue weighted by Crippen LogP contribution is -2.42. The van der Waals surface area contributed by atoms with Crippen LogP contribution in [-0.4, -0.2) is 22.9 Å². The van der Waals surface area contributed by atoms with Gasteiger partial charge in [-0.2, -0.15) is 0 Å². The van der Waals surface area contributed by atoms with Crippen LogP contribution in [0.1, 0.15) is 31.2 Å². The van der Waals surface area contributed by atoms with Gasteiger partial charge in [-0.3, -0.25) is 4.79 Å². The van der Waals surface area contributed by atoms with E-state index < -0.39 is 0 Å². The molecule has 2 bridgehead atoms. The van der Waals surface area contributed by atoms with Crippen molar-refractivity contribution in [3.05, 3.63) is 46.0 Å². The summed E-state index contributed by atoms with van der Waals surface area (Å²) < 4.78 is 0. The number of amides is 1. The Morgan fingerprint density at radius 2 is 2.00 bits per heavy atom. The normalized spacial score (nSPS) is 24.2. The zero-order valence-corrected chi connectivity index (χ0v) is 12.7. The van der Waals surface area contributed by atoms with Gasteiger partial charge in [0.05, 0.1) is 6.04 Å². The Morgan fingerprint density at radius 1 is 1.25 bits per heavy atom. The summed E-state index contributed by atoms with van der Waals surface area (Å²) in [5.41, 5.74) is 0.879. The molecule has 1 fully saturated rings. The Morgan fingerprint density at radius 3 is 2.70 bits per heavy atom. The van der Waals surface area contributed by atoms with Gasteiger partial charge in [-0.25, -0.2) is 0 Å². The maximum atomic E-state index is 12.5. The smallest absolute Gasteiger partial charge is 0.223 e. The highest BCUT2D eigenvalue weighted by Crippen LogP contribution is 2.33. The molecule has 0 aromatic heterocycles. The molecule has 0 radical (unpaired) electrons. The lowest BCUT2D eigenvalue weighted by atomic mass is 10.1. The molecule has 20 heavy (non-hydrogen) atoms. The van der Waals surface area contributed by atoms with Gasteiger partial charge in [0.25, 0.3) is 0 Å². The fourth-order valence-electron chi connectivity index (χ4n) is 3.25. The summed E-state index contributed by atoms with van der Waals surface area (Å²) in [5, 5.41) is 1.29. The molecule has 2 aliphatic rings. The zero-order valence-electron chi connectivity index (χ0n) is 11.2. The van der Waals surface area contributed by atoms with Crippen molar-refractivity contribution in [1.29, 1.82) is 0 Å². The fraction of sp³-hybridized carbons (Fsp3) is 0.438. The van der Waals surface area contributed by atoms with E-state index in [2.05, 4.69) is 17.1 Å². The van der Waals surface area contributed by atoms with E-state index in [1.807, 2.05) is 18.2 Å². The van der Waals surface area contributed by atoms with E-state index >= 15 is 0 Å². The molecule has 0 saturated carbocycles. The van der Waals surface area contributed by atoms with Crippen LogP contribution in [0, 0.1) is 0 Å². The van der Waals surface area contributed by atoms with E-state index in [1.165, 1.54) is 0 Å². The third-order valence-corrected chi connectivity index (χ3v) is 4.96. The van der Waals surface area contributed by atoms with E-state index in [9.17, 15) is 4.79 Å². The van der Waals surface area contributed by atoms with Crippen molar-refractivity contribution >= 4 is 29.1 Å². The van der Waals surface area contributed by atoms with Gasteiger partial charge >= 0.3 is 0 Å². The minimum Gasteiger partial charge on any atom is -0.333 e. The van der Waals surface area contributed by atoms with Crippen LogP contribution < -0.4 is 0 Å². The van der Waals surface area contributed by atoms with Crippen LogP contribution in [0.3, 0.4) is 0 Å². The third-order valence-electron chi connectivity index (χ3n) is 4.25. The molecule has 2 unspecified atom stereocenters. The number of carbonyl (C=O) groups is 1. The Bertz CT molecular complexity index is 535. The summed E-state index contributed by atoms with van der Waals surface area (Å²) in [6, 6.07) is 6.18. The van der Waals surface area contributed by atoms with Crippen molar-refractivity contribution in [3.63, 3.8) is 0 Å². The van der Waals surface area contributed by atoms with E-state index in [4.69, 9.17) is 23.2 Å². The highest BCUT2D eigenvalue weighted by atomic mass is 35.5. The van der Waals surface area contributed by atoms with Gasteiger partial charge in [-0.15, -0.1) is 0 Å². The predicted octanol–water partition coefficient (Wildman–Crippen LogP) is 4.25. The van der Waals surface area contributed by atoms with E-state index in [1.54, 1.807) is 0 Å². The quantitative estimate of drug-likeness (QED) is 0.765. The van der Waals surface area contributed by atoms with Crippen molar-refractivity contribution in [2.45, 2.75) is 44.2 Å². The summed E-state index contributed by atoms with van der Waals surface area (Å²) in [5.74, 6) is 0.220. The van der Waals surface area contributed by atoms with Crippen LogP contribution in [-0.2, 0) is 11.2 Å². The van der Waals surface area contributed by atoms with Gasteiger partial charge in [-0.1, -0.05) is 41.4 Å². The van der Waals surface area contributed by atoms with Gasteiger partial charge in [0.2, 0.25) is 5.91 Å². The summed E-state index contributed by atoms with van der Waals surface area (Å²) in [7, 11) is 0. The highest BCUT2D eigenvalue weighted by molar-refractivity contribution is 6.36. The molecule has 2 aliphatic heterocycles. The zero-order chi connectivity index (χ0) is 14.1. The van der Waals surface area contributed by atoms with E-state index in [-0.39, 0.29) is 5.91 Å². The third kappa shape index (κ3) is 2.59. The topological polar surface area (TPSA) is 20.3 Å². The first-order valence-electron chi connectivity index (χ1n) is 7.07. The fourth-order valence-corrected chi connectivity index (χ4v) is 3.83. The van der Waals surface area contributed by atoms with Gasteiger partial charge < -0.3 is 4.90 Å². The van der Waals surface area contributed by atoms with Gasteiger partial charge in [-0.05, 0) is 43.4 Å². The first-order valence-corrected chi connectivity index (χ1v) is 7.83. The van der Waals surface area contributed by atoms with Crippen LogP contribution in [0.2, 0.25) is 10.0 Å². The largest absolute Gasteiger partial charge is 0.333 e. The van der Waals surface area contributed by atoms with Crippen molar-refractivity contribution in [2.75, 3.05) is 0 Å². The number of halogens is 2. The van der Waals surface area contributed by atoms with Crippen LogP contribution >= 0.6 is 23.2 Å². The second-order valence-corrected chi connectivity index (χ2v) is 6.28. The Labute approximate surface area is 129 Å². The highest BCUT2D eigenvalue weighted by Gasteiger charge is 2.36. The van der Waals surface area contributed by atoms with E-state index in [0.29, 0.717) is 35.0 Å². The maximum absolute atomic E-state index is 12.5. The monoisotopic (exact) mass is 309 g/mol. The van der Waals surface area contributed by atoms with Gasteiger partial charge in [0.15, 0.2) is 0 Å². The molecule has 0 N–H and O–H groups in total. The standard InChI is InChI=1S/C16H17Cl2NO/c17-14-5-2-6-15(18)13(14)9-10-16(20)19-11-3-1-4-12(19)8-7-11/h1-3,5-6,11-12H,4,7-10H2. The SMILES string of the molecule is O=C(CCc1c(Cl)cccc1Cl)N1C2C=CCC1CC2. The van der Waals surface area contributed by atoms with Crippen LogP contribution in [0.4, 0.5) is 0 Å². The maximum Gasteiger partial charge on any atom is 0.223 e. The molecule has 2 atom stereocenters. The summed E-state index contributed by atoms with van der Waals surface area (Å²) in [6.45, 7) is 0. The summed E-state index contributed by atoms with van der Waals surface area (Å²) in [6.07, 6.45) is 8.67. The minimum absolute atomic E-state index is 0.220. The van der Waals surface area contributed by atoms with Crippen molar-refractivity contribution in [2.24, 2.45) is 0 Å². The van der Waals surface area contributed by atoms with Crippen molar-refractivity contribution < 1.29 is 4.79 Å². The lowest BCUT2D eigenvalue weighted by Gasteiger charge is -2.31. The van der Waals surface area contributed by atoms with Crippen LogP contribution in [0.5, 0.6) is 0 Å². The van der Waals surface area contributed by atoms with Crippen LogP contribution in [0.25, 0.3) is 0 Å². The number of carbonyl (C=O) groups excluding carboxylic acids is 1.